The van der Waals surface area contributed by atoms with Crippen molar-refractivity contribution in [1.29, 1.82) is 0 Å². The number of carbonyl (C=O) groups excluding carboxylic acids is 1. The van der Waals surface area contributed by atoms with Gasteiger partial charge in [0, 0.05) is 36.7 Å². The minimum Gasteiger partial charge on any atom is -0.391 e. The van der Waals surface area contributed by atoms with E-state index in [1.165, 1.54) is 16.5 Å². The summed E-state index contributed by atoms with van der Waals surface area (Å²) in [7, 11) is 0. The van der Waals surface area contributed by atoms with E-state index in [0.717, 1.165) is 36.0 Å². The number of nitrogens with one attached hydrogen (secondary N) is 1. The molecule has 0 radical (unpaired) electrons. The highest BCUT2D eigenvalue weighted by Gasteiger charge is 2.21. The molecule has 3 aromatic carbocycles. The molecule has 1 amide bonds. The number of benzene rings is 3. The smallest absolute Gasteiger partial charge is 0.237 e. The minimum atomic E-state index is -0.522. The monoisotopic (exact) mass is 539 g/mol. The first-order chi connectivity index (χ1) is 19.2. The van der Waals surface area contributed by atoms with Crippen LogP contribution in [0.15, 0.2) is 85.1 Å². The zero-order valence-electron chi connectivity index (χ0n) is 24.6. The Morgan fingerprint density at radius 3 is 2.30 bits per heavy atom. The first-order valence-electron chi connectivity index (χ1n) is 14.6. The summed E-state index contributed by atoms with van der Waals surface area (Å²) in [4.78, 5) is 21.3. The second-order valence-corrected chi connectivity index (χ2v) is 12.0. The van der Waals surface area contributed by atoms with Gasteiger partial charge in [0.25, 0.3) is 0 Å². The van der Waals surface area contributed by atoms with Crippen molar-refractivity contribution in [3.8, 4) is 0 Å². The maximum absolute atomic E-state index is 13.8. The van der Waals surface area contributed by atoms with Crippen LogP contribution in [0.5, 0.6) is 0 Å². The average Bonchev–Trinajstić information content (AvgIpc) is 3.34. The van der Waals surface area contributed by atoms with Crippen molar-refractivity contribution < 1.29 is 9.90 Å². The van der Waals surface area contributed by atoms with E-state index in [0.29, 0.717) is 32.6 Å². The molecule has 1 aromatic heterocycles. The van der Waals surface area contributed by atoms with Gasteiger partial charge in [0.2, 0.25) is 5.91 Å². The standard InChI is InChI=1S/C35H45N3O2/c1-5-20-37(25-31(39)22-27-11-7-6-8-12-27)26-34(40)38(24-28-15-17-30(18-16-28)35(2,3)4)21-19-29-23-36-33-14-10-9-13-32(29)33/h6-18,23,31,36,39H,5,19-22,24-26H2,1-4H3/t31-/m0/s1. The maximum atomic E-state index is 13.8. The molecule has 0 saturated carbocycles. The fraction of sp³-hybridized carbons (Fsp3) is 0.400. The lowest BCUT2D eigenvalue weighted by Crippen LogP contribution is -2.44. The van der Waals surface area contributed by atoms with E-state index in [4.69, 9.17) is 0 Å². The van der Waals surface area contributed by atoms with Gasteiger partial charge >= 0.3 is 0 Å². The van der Waals surface area contributed by atoms with Crippen molar-refractivity contribution >= 4 is 16.8 Å². The zero-order chi connectivity index (χ0) is 28.5. The molecule has 4 aromatic rings. The Balaban J connectivity index is 1.47. The number of amides is 1. The second-order valence-electron chi connectivity index (χ2n) is 12.0. The van der Waals surface area contributed by atoms with Crippen LogP contribution in [-0.2, 0) is 29.6 Å². The molecule has 5 heteroatoms. The molecule has 1 atom stereocenters. The molecule has 0 unspecified atom stereocenters. The van der Waals surface area contributed by atoms with Crippen LogP contribution < -0.4 is 0 Å². The van der Waals surface area contributed by atoms with Crippen molar-refractivity contribution in [1.82, 2.24) is 14.8 Å². The number of para-hydroxylation sites is 1. The largest absolute Gasteiger partial charge is 0.391 e. The normalized spacial score (nSPS) is 12.7. The summed E-state index contributed by atoms with van der Waals surface area (Å²) in [5.41, 5.74) is 5.96. The van der Waals surface area contributed by atoms with Gasteiger partial charge in [0.1, 0.15) is 0 Å². The number of aromatic nitrogens is 1. The van der Waals surface area contributed by atoms with E-state index in [-0.39, 0.29) is 11.3 Å². The van der Waals surface area contributed by atoms with Crippen molar-refractivity contribution in [2.75, 3.05) is 26.2 Å². The number of carbonyl (C=O) groups is 1. The van der Waals surface area contributed by atoms with Gasteiger partial charge in [0.05, 0.1) is 12.6 Å². The van der Waals surface area contributed by atoms with E-state index in [2.05, 4.69) is 86.2 Å². The highest BCUT2D eigenvalue weighted by molar-refractivity contribution is 5.83. The van der Waals surface area contributed by atoms with E-state index < -0.39 is 6.10 Å². The van der Waals surface area contributed by atoms with Crippen molar-refractivity contribution in [3.63, 3.8) is 0 Å². The molecule has 40 heavy (non-hydrogen) atoms. The number of aromatic amines is 1. The lowest BCUT2D eigenvalue weighted by molar-refractivity contribution is -0.133. The lowest BCUT2D eigenvalue weighted by Gasteiger charge is -2.29. The summed E-state index contributed by atoms with van der Waals surface area (Å²) in [5, 5.41) is 12.0. The van der Waals surface area contributed by atoms with Gasteiger partial charge in [-0.2, -0.15) is 0 Å². The molecular formula is C35H45N3O2. The molecule has 0 spiro atoms. The van der Waals surface area contributed by atoms with Crippen LogP contribution in [-0.4, -0.2) is 58.1 Å². The molecule has 0 fully saturated rings. The first-order valence-corrected chi connectivity index (χ1v) is 14.6. The number of aliphatic hydroxyl groups excluding tert-OH is 1. The lowest BCUT2D eigenvalue weighted by atomic mass is 9.87. The first kappa shape index (κ1) is 29.6. The molecule has 0 bridgehead atoms. The van der Waals surface area contributed by atoms with Crippen LogP contribution >= 0.6 is 0 Å². The minimum absolute atomic E-state index is 0.0879. The van der Waals surface area contributed by atoms with Crippen molar-refractivity contribution in [2.45, 2.75) is 65.0 Å². The summed E-state index contributed by atoms with van der Waals surface area (Å²) in [6.45, 7) is 11.5. The van der Waals surface area contributed by atoms with E-state index in [1.54, 1.807) is 0 Å². The van der Waals surface area contributed by atoms with E-state index in [1.807, 2.05) is 41.3 Å². The molecule has 4 rings (SSSR count). The second kappa shape index (κ2) is 13.8. The molecule has 0 aliphatic heterocycles. The summed E-state index contributed by atoms with van der Waals surface area (Å²) in [5.74, 6) is 0.0973. The third kappa shape index (κ3) is 8.30. The van der Waals surface area contributed by atoms with Crippen LogP contribution in [0.1, 0.15) is 56.4 Å². The Kier molecular flexibility index (Phi) is 10.2. The van der Waals surface area contributed by atoms with Crippen LogP contribution in [0.2, 0.25) is 0 Å². The summed E-state index contributed by atoms with van der Waals surface area (Å²) in [6.07, 6.45) is 3.83. The van der Waals surface area contributed by atoms with Crippen LogP contribution in [0.3, 0.4) is 0 Å². The maximum Gasteiger partial charge on any atom is 0.237 e. The van der Waals surface area contributed by atoms with Crippen LogP contribution in [0.4, 0.5) is 0 Å². The van der Waals surface area contributed by atoms with E-state index in [9.17, 15) is 9.90 Å². The molecule has 1 heterocycles. The predicted molar refractivity (Wildman–Crippen MR) is 165 cm³/mol. The van der Waals surface area contributed by atoms with Crippen LogP contribution in [0, 0.1) is 0 Å². The van der Waals surface area contributed by atoms with Gasteiger partial charge < -0.3 is 15.0 Å². The number of nitrogens with zero attached hydrogens (tertiary/aromatic N) is 2. The molecule has 0 aliphatic rings. The molecule has 0 saturated heterocycles. The summed E-state index contributed by atoms with van der Waals surface area (Å²) in [6, 6.07) is 27.0. The van der Waals surface area contributed by atoms with Crippen LogP contribution in [0.25, 0.3) is 10.9 Å². The topological polar surface area (TPSA) is 59.6 Å². The third-order valence-electron chi connectivity index (χ3n) is 7.55. The molecule has 212 valence electrons. The molecule has 0 aliphatic carbocycles. The quantitative estimate of drug-likeness (QED) is 0.208. The Morgan fingerprint density at radius 2 is 1.60 bits per heavy atom. The molecule has 2 N–H and O–H groups in total. The fourth-order valence-corrected chi connectivity index (χ4v) is 5.31. The van der Waals surface area contributed by atoms with Gasteiger partial charge in [-0.1, -0.05) is 100 Å². The zero-order valence-corrected chi connectivity index (χ0v) is 24.6. The highest BCUT2D eigenvalue weighted by atomic mass is 16.3. The van der Waals surface area contributed by atoms with Gasteiger partial charge in [-0.05, 0) is 59.5 Å². The number of aliphatic hydroxyl groups is 1. The van der Waals surface area contributed by atoms with Crippen molar-refractivity contribution in [3.05, 3.63) is 107 Å². The Labute approximate surface area is 239 Å². The third-order valence-corrected chi connectivity index (χ3v) is 7.55. The number of hydrogen-bond acceptors (Lipinski definition) is 3. The summed E-state index contributed by atoms with van der Waals surface area (Å²) >= 11 is 0. The predicted octanol–water partition coefficient (Wildman–Crippen LogP) is 6.35. The number of hydrogen-bond donors (Lipinski definition) is 2. The number of H-pyrrole nitrogens is 1. The fourth-order valence-electron chi connectivity index (χ4n) is 5.31. The molecular weight excluding hydrogens is 494 g/mol. The Hall–Kier alpha value is -3.41. The van der Waals surface area contributed by atoms with E-state index >= 15 is 0 Å². The van der Waals surface area contributed by atoms with Gasteiger partial charge in [-0.15, -0.1) is 0 Å². The molecule has 5 nitrogen and oxygen atoms in total. The number of rotatable bonds is 13. The van der Waals surface area contributed by atoms with Gasteiger partial charge in [-0.3, -0.25) is 9.69 Å². The number of fused-ring (bicyclic) bond motifs is 1. The van der Waals surface area contributed by atoms with Gasteiger partial charge in [0.15, 0.2) is 0 Å². The Bertz CT molecular complexity index is 1340. The van der Waals surface area contributed by atoms with Gasteiger partial charge in [-0.25, -0.2) is 0 Å². The SMILES string of the molecule is CCCN(CC(=O)N(CCc1c[nH]c2ccccc12)Cc1ccc(C(C)(C)C)cc1)C[C@@H](O)Cc1ccccc1. The van der Waals surface area contributed by atoms with Crippen molar-refractivity contribution in [2.24, 2.45) is 0 Å². The highest BCUT2D eigenvalue weighted by Crippen LogP contribution is 2.23. The Morgan fingerprint density at radius 1 is 0.900 bits per heavy atom. The average molecular weight is 540 g/mol. The summed E-state index contributed by atoms with van der Waals surface area (Å²) < 4.78 is 0.